The van der Waals surface area contributed by atoms with Gasteiger partial charge < -0.3 is 33.6 Å². The van der Waals surface area contributed by atoms with Crippen LogP contribution in [0.25, 0.3) is 0 Å². The molecule has 3 aliphatic rings. The van der Waals surface area contributed by atoms with Gasteiger partial charge in [0.05, 0.1) is 38.9 Å². The average Bonchev–Trinajstić information content (AvgIpc) is 3.41. The van der Waals surface area contributed by atoms with Gasteiger partial charge in [-0.05, 0) is 35.4 Å². The smallest absolute Gasteiger partial charge is 0.310 e. The minimum atomic E-state index is -0.582. The first-order chi connectivity index (χ1) is 15.1. The highest BCUT2D eigenvalue weighted by atomic mass is 16.7. The van der Waals surface area contributed by atoms with Crippen LogP contribution in [-0.4, -0.2) is 51.6 Å². The molecular formula is C22H21NO8. The summed E-state index contributed by atoms with van der Waals surface area (Å²) in [5.41, 5.74) is 2.63. The summed E-state index contributed by atoms with van der Waals surface area (Å²) in [5, 5.41) is 13.3. The van der Waals surface area contributed by atoms with Crippen LogP contribution in [0.1, 0.15) is 22.6 Å². The molecular weight excluding hydrogens is 406 g/mol. The van der Waals surface area contributed by atoms with Crippen molar-refractivity contribution in [3.63, 3.8) is 0 Å². The first kappa shape index (κ1) is 19.3. The third kappa shape index (κ3) is 2.76. The topological polar surface area (TPSA) is 105 Å². The predicted octanol–water partition coefficient (Wildman–Crippen LogP) is 2.55. The highest BCUT2D eigenvalue weighted by Gasteiger charge is 2.51. The Kier molecular flexibility index (Phi) is 4.53. The van der Waals surface area contributed by atoms with Crippen molar-refractivity contribution in [1.29, 1.82) is 0 Å². The summed E-state index contributed by atoms with van der Waals surface area (Å²) in [5.74, 6) is 0.782. The maximum absolute atomic E-state index is 12.8. The second-order valence-corrected chi connectivity index (χ2v) is 7.48. The molecule has 0 unspecified atom stereocenters. The van der Waals surface area contributed by atoms with Crippen LogP contribution in [0.2, 0.25) is 0 Å². The van der Waals surface area contributed by atoms with E-state index in [1.165, 1.54) is 21.3 Å². The molecule has 162 valence electrons. The summed E-state index contributed by atoms with van der Waals surface area (Å²) in [4.78, 5) is 12.8. The second-order valence-electron chi connectivity index (χ2n) is 7.48. The molecule has 1 N–H and O–H groups in total. The number of nitrogens with zero attached hydrogens (tertiary/aromatic N) is 1. The number of ether oxygens (including phenoxy) is 6. The fraction of sp³-hybridized carbons (Fsp3) is 0.364. The van der Waals surface area contributed by atoms with Crippen LogP contribution in [0, 0.1) is 11.8 Å². The molecule has 0 aromatic heterocycles. The van der Waals surface area contributed by atoms with Gasteiger partial charge in [0, 0.05) is 11.5 Å². The molecule has 9 nitrogen and oxygen atoms in total. The lowest BCUT2D eigenvalue weighted by Gasteiger charge is -2.34. The van der Waals surface area contributed by atoms with Crippen molar-refractivity contribution in [2.75, 3.05) is 34.7 Å². The van der Waals surface area contributed by atoms with Crippen molar-refractivity contribution in [1.82, 2.24) is 0 Å². The standard InChI is InChI=1S/C22H21NO8/c1-26-16-4-10(5-17(27-2)21(16)28-3)18-11-6-14-15(31-9-30-14)7-12(11)20(23-25)13-8-29-22(24)19(13)18/h4-7,13,18-19,25H,8-9H2,1-3H3/b23-20-/t13-,18+,19+/m0/s1. The van der Waals surface area contributed by atoms with Gasteiger partial charge in [-0.15, -0.1) is 0 Å². The van der Waals surface area contributed by atoms with Gasteiger partial charge in [0.1, 0.15) is 6.61 Å². The number of methoxy groups -OCH3 is 3. The lowest BCUT2D eigenvalue weighted by atomic mass is 9.66. The number of benzene rings is 2. The molecule has 2 aromatic carbocycles. The molecule has 0 spiro atoms. The Bertz CT molecular complexity index is 1070. The monoisotopic (exact) mass is 427 g/mol. The average molecular weight is 427 g/mol. The number of fused-ring (bicyclic) bond motifs is 3. The van der Waals surface area contributed by atoms with Gasteiger partial charge in [0.25, 0.3) is 0 Å². The summed E-state index contributed by atoms with van der Waals surface area (Å²) >= 11 is 0. The predicted molar refractivity (Wildman–Crippen MR) is 107 cm³/mol. The number of oxime groups is 1. The van der Waals surface area contributed by atoms with E-state index in [2.05, 4.69) is 5.16 Å². The van der Waals surface area contributed by atoms with Crippen LogP contribution >= 0.6 is 0 Å². The van der Waals surface area contributed by atoms with E-state index in [0.29, 0.717) is 40.0 Å². The van der Waals surface area contributed by atoms with Crippen LogP contribution < -0.4 is 23.7 Å². The minimum Gasteiger partial charge on any atom is -0.493 e. The second kappa shape index (κ2) is 7.26. The van der Waals surface area contributed by atoms with E-state index >= 15 is 0 Å². The largest absolute Gasteiger partial charge is 0.493 e. The highest BCUT2D eigenvalue weighted by Crippen LogP contribution is 2.52. The number of hydrogen-bond donors (Lipinski definition) is 1. The third-order valence-corrected chi connectivity index (χ3v) is 6.13. The van der Waals surface area contributed by atoms with Crippen LogP contribution in [-0.2, 0) is 9.53 Å². The van der Waals surface area contributed by atoms with Crippen LogP contribution in [0.4, 0.5) is 0 Å². The molecule has 0 radical (unpaired) electrons. The van der Waals surface area contributed by atoms with E-state index in [9.17, 15) is 10.0 Å². The van der Waals surface area contributed by atoms with E-state index in [1.54, 1.807) is 6.07 Å². The molecule has 1 fully saturated rings. The molecule has 0 saturated carbocycles. The van der Waals surface area contributed by atoms with Crippen molar-refractivity contribution in [3.05, 3.63) is 41.0 Å². The molecule has 2 aromatic rings. The number of hydrogen-bond acceptors (Lipinski definition) is 9. The van der Waals surface area contributed by atoms with Crippen LogP contribution in [0.15, 0.2) is 29.4 Å². The fourth-order valence-electron chi connectivity index (χ4n) is 4.78. The van der Waals surface area contributed by atoms with Crippen molar-refractivity contribution in [3.8, 4) is 28.7 Å². The van der Waals surface area contributed by atoms with Crippen molar-refractivity contribution in [2.45, 2.75) is 5.92 Å². The highest BCUT2D eigenvalue weighted by molar-refractivity contribution is 6.08. The number of esters is 1. The Morgan fingerprint density at radius 3 is 2.26 bits per heavy atom. The van der Waals surface area contributed by atoms with Gasteiger partial charge >= 0.3 is 5.97 Å². The first-order valence-corrected chi connectivity index (χ1v) is 9.73. The van der Waals surface area contributed by atoms with E-state index in [1.807, 2.05) is 18.2 Å². The molecule has 0 amide bonds. The van der Waals surface area contributed by atoms with Crippen molar-refractivity contribution >= 4 is 11.7 Å². The molecule has 1 aliphatic carbocycles. The molecule has 9 heteroatoms. The van der Waals surface area contributed by atoms with Crippen LogP contribution in [0.3, 0.4) is 0 Å². The maximum atomic E-state index is 12.8. The minimum absolute atomic E-state index is 0.105. The van der Waals surface area contributed by atoms with E-state index in [-0.39, 0.29) is 19.4 Å². The molecule has 0 bridgehead atoms. The lowest BCUT2D eigenvalue weighted by molar-refractivity contribution is -0.141. The van der Waals surface area contributed by atoms with Gasteiger partial charge in [-0.25, -0.2) is 0 Å². The lowest BCUT2D eigenvalue weighted by Crippen LogP contribution is -2.36. The van der Waals surface area contributed by atoms with Gasteiger partial charge in [-0.3, -0.25) is 4.79 Å². The van der Waals surface area contributed by atoms with Crippen molar-refractivity contribution < 1.29 is 38.4 Å². The third-order valence-electron chi connectivity index (χ3n) is 6.13. The number of rotatable bonds is 4. The Morgan fingerprint density at radius 2 is 1.65 bits per heavy atom. The van der Waals surface area contributed by atoms with Gasteiger partial charge in [-0.2, -0.15) is 0 Å². The van der Waals surface area contributed by atoms with E-state index in [4.69, 9.17) is 28.4 Å². The van der Waals surface area contributed by atoms with Gasteiger partial charge in [0.2, 0.25) is 12.5 Å². The van der Waals surface area contributed by atoms with Gasteiger partial charge in [-0.1, -0.05) is 5.16 Å². The molecule has 31 heavy (non-hydrogen) atoms. The zero-order valence-corrected chi connectivity index (χ0v) is 17.2. The quantitative estimate of drug-likeness (QED) is 0.451. The normalized spacial score (nSPS) is 24.4. The molecule has 3 atom stereocenters. The van der Waals surface area contributed by atoms with E-state index in [0.717, 1.165) is 11.1 Å². The molecule has 2 aliphatic heterocycles. The zero-order chi connectivity index (χ0) is 21.7. The fourth-order valence-corrected chi connectivity index (χ4v) is 4.78. The summed E-state index contributed by atoms with van der Waals surface area (Å²) in [6.07, 6.45) is 0. The molecule has 2 heterocycles. The molecule has 1 saturated heterocycles. The van der Waals surface area contributed by atoms with Crippen molar-refractivity contribution in [2.24, 2.45) is 17.0 Å². The van der Waals surface area contributed by atoms with Gasteiger partial charge in [0.15, 0.2) is 23.0 Å². The summed E-state index contributed by atoms with van der Waals surface area (Å²) < 4.78 is 33.0. The summed E-state index contributed by atoms with van der Waals surface area (Å²) in [6.45, 7) is 0.241. The van der Waals surface area contributed by atoms with E-state index < -0.39 is 17.8 Å². The number of carbonyl (C=O) groups excluding carboxylic acids is 1. The Labute approximate surface area is 178 Å². The Hall–Kier alpha value is -3.62. The first-order valence-electron chi connectivity index (χ1n) is 9.73. The SMILES string of the molecule is COc1cc([C@@H]2c3cc4c(cc3/C(=N/O)[C@H]3COC(=O)[C@@H]23)OCO4)cc(OC)c1OC. The number of cyclic esters (lactones) is 1. The Balaban J connectivity index is 1.77. The molecule has 5 rings (SSSR count). The maximum Gasteiger partial charge on any atom is 0.310 e. The zero-order valence-electron chi connectivity index (χ0n) is 17.2. The summed E-state index contributed by atoms with van der Waals surface area (Å²) in [7, 11) is 4.61. The summed E-state index contributed by atoms with van der Waals surface area (Å²) in [6, 6.07) is 7.27. The van der Waals surface area contributed by atoms with Crippen LogP contribution in [0.5, 0.6) is 28.7 Å². The number of carbonyl (C=O) groups is 1. The Morgan fingerprint density at radius 1 is 0.968 bits per heavy atom.